The molecule has 0 spiro atoms. The van der Waals surface area contributed by atoms with Gasteiger partial charge in [-0.25, -0.2) is 0 Å². The Balaban J connectivity index is 0.000000122. The minimum atomic E-state index is -0.468. The first kappa shape index (κ1) is 100. The Kier molecular flexibility index (Phi) is 30.8. The molecule has 21 rings (SSSR count). The van der Waals surface area contributed by atoms with Crippen LogP contribution in [0.4, 0.5) is 0 Å². The number of phenolic OH excluding ortho intramolecular Hbond substituents is 7. The molecule has 0 radical (unpaired) electrons. The molecule has 11 atom stereocenters. The van der Waals surface area contributed by atoms with Crippen LogP contribution >= 0.6 is 15.9 Å². The molecule has 0 aliphatic heterocycles. The molecular formula is C124H135BrO13. The fourth-order valence-corrected chi connectivity index (χ4v) is 21.9. The maximum Gasteiger partial charge on any atom is 0.124 e. The maximum atomic E-state index is 10.3. The van der Waals surface area contributed by atoms with Crippen LogP contribution in [0, 0.1) is 81.1 Å². The number of aliphatic hydroxyl groups is 4. The fraction of sp³-hybridized carbons (Fsp3) is 0.323. The third-order valence-corrected chi connectivity index (χ3v) is 30.5. The number of hydrogen-bond donors (Lipinski definition) is 11. The van der Waals surface area contributed by atoms with Crippen molar-refractivity contribution in [1.82, 2.24) is 0 Å². The van der Waals surface area contributed by atoms with Crippen molar-refractivity contribution >= 4 is 15.9 Å². The lowest BCUT2D eigenvalue weighted by Gasteiger charge is -2.19. The predicted molar refractivity (Wildman–Crippen MR) is 564 cm³/mol. The van der Waals surface area contributed by atoms with Gasteiger partial charge in [-0.15, -0.1) is 0 Å². The zero-order valence-electron chi connectivity index (χ0n) is 83.1. The van der Waals surface area contributed by atoms with Crippen molar-refractivity contribution in [2.45, 2.75) is 234 Å². The summed E-state index contributed by atoms with van der Waals surface area (Å²) in [5.74, 6) is 5.18. The Morgan fingerprint density at radius 1 is 0.304 bits per heavy atom. The van der Waals surface area contributed by atoms with Gasteiger partial charge in [0.1, 0.15) is 40.2 Å². The molecule has 7 aliphatic rings. The highest BCUT2D eigenvalue weighted by Gasteiger charge is 2.40. The average Bonchev–Trinajstić information content (AvgIpc) is 1.62. The van der Waals surface area contributed by atoms with Gasteiger partial charge < -0.3 is 65.6 Å². The summed E-state index contributed by atoms with van der Waals surface area (Å²) in [7, 11) is 3.33. The first-order valence-corrected chi connectivity index (χ1v) is 49.5. The summed E-state index contributed by atoms with van der Waals surface area (Å²) in [5, 5.41) is 109. The maximum absolute atomic E-state index is 10.3. The summed E-state index contributed by atoms with van der Waals surface area (Å²) in [6.45, 7) is 32.7. The summed E-state index contributed by atoms with van der Waals surface area (Å²) < 4.78 is 10.4. The molecule has 716 valence electrons. The molecule has 7 aliphatic carbocycles. The van der Waals surface area contributed by atoms with Gasteiger partial charge in [0, 0.05) is 26.2 Å². The van der Waals surface area contributed by atoms with E-state index >= 15 is 0 Å². The van der Waals surface area contributed by atoms with Gasteiger partial charge in [0.2, 0.25) is 0 Å². The van der Waals surface area contributed by atoms with E-state index in [-0.39, 0.29) is 22.6 Å². The van der Waals surface area contributed by atoms with Crippen LogP contribution in [0.3, 0.4) is 0 Å². The van der Waals surface area contributed by atoms with E-state index in [9.17, 15) is 56.2 Å². The van der Waals surface area contributed by atoms with Crippen LogP contribution in [0.2, 0.25) is 0 Å². The third kappa shape index (κ3) is 21.8. The molecule has 0 heterocycles. The number of methoxy groups -OCH3 is 2. The molecule has 14 aromatic carbocycles. The Bertz CT molecular complexity index is 6650. The molecule has 0 fully saturated rings. The molecule has 0 amide bonds. The molecule has 0 bridgehead atoms. The topological polar surface area (TPSA) is 241 Å². The van der Waals surface area contributed by atoms with E-state index in [2.05, 4.69) is 154 Å². The van der Waals surface area contributed by atoms with E-state index in [0.717, 1.165) is 158 Å². The van der Waals surface area contributed by atoms with Crippen molar-refractivity contribution in [1.29, 1.82) is 0 Å². The standard InChI is InChI=1S/C19H22O2.C18H19BrO2.C18H20O3.2C18H20O2.C17H18O.C16H16O/c1-12-4-5-15-9-14(6-7-18(12)15)16-8-13(2)19(20)17(10-16)11-21-3;1-10-6-13(7-11(2)16(10)20)12-4-5-15-14(8-12)9-18(3,19)17(15)21;1-10-6-13(7-11(2)18(10)20)12-4-5-14-15(8-12)17(21-3)9-16(14)19;2*1-10-6-14(7-11(2)17(10)19)13-4-5-16-15(9-13)8-12(3)18(16)20;1-11-3-4-15-10-14(5-7-16(11)15)13-6-8-17(18)12(2)9-13;1-11-2-3-14-10-13(6-9-16(11)14)12-4-7-15(17)8-5-12/h6-10,12,20H,4-5,11H2,1-3H3;4-8,17,20-21H,9H2,1-3H3;4-8,16-17,19-20H,9H2,1-3H3;2*4-7,9,12,18-20H,8H2,1-3H3;5-11,18H,3-4H2,1-2H3;4-11,17H,2-3H2,1H3/t12-;;;;;11-;/m0....0./s1. The zero-order chi connectivity index (χ0) is 98.9. The zero-order valence-corrected chi connectivity index (χ0v) is 84.7. The van der Waals surface area contributed by atoms with Gasteiger partial charge in [-0.05, 0) is 466 Å². The molecule has 14 aromatic rings. The minimum Gasteiger partial charge on any atom is -0.508 e. The van der Waals surface area contributed by atoms with Gasteiger partial charge in [-0.1, -0.05) is 190 Å². The van der Waals surface area contributed by atoms with Crippen molar-refractivity contribution < 1.29 is 65.6 Å². The highest BCUT2D eigenvalue weighted by Crippen LogP contribution is 2.50. The molecule has 13 nitrogen and oxygen atoms in total. The van der Waals surface area contributed by atoms with Crippen molar-refractivity contribution in [3.8, 4) is 118 Å². The van der Waals surface area contributed by atoms with Crippen LogP contribution in [0.25, 0.3) is 77.9 Å². The second-order valence-corrected chi connectivity index (χ2v) is 42.2. The van der Waals surface area contributed by atoms with Crippen molar-refractivity contribution in [3.05, 3.63) is 370 Å². The number of aryl methyl sites for hydroxylation is 13. The summed E-state index contributed by atoms with van der Waals surface area (Å²) in [4.78, 5) is 0. The summed E-state index contributed by atoms with van der Waals surface area (Å²) in [5.41, 5.74) is 43.7. The quantitative estimate of drug-likeness (QED) is 0.0572. The van der Waals surface area contributed by atoms with Crippen LogP contribution in [0.15, 0.2) is 231 Å². The number of ether oxygens (including phenoxy) is 2. The molecule has 0 saturated carbocycles. The van der Waals surface area contributed by atoms with Gasteiger partial charge in [-0.3, -0.25) is 0 Å². The van der Waals surface area contributed by atoms with E-state index < -0.39 is 12.2 Å². The van der Waals surface area contributed by atoms with Crippen LogP contribution < -0.4 is 0 Å². The highest BCUT2D eigenvalue weighted by molar-refractivity contribution is 9.10. The largest absolute Gasteiger partial charge is 0.508 e. The second-order valence-electron chi connectivity index (χ2n) is 40.3. The van der Waals surface area contributed by atoms with E-state index in [1.54, 1.807) is 32.4 Å². The monoisotopic (exact) mass is 1910 g/mol. The van der Waals surface area contributed by atoms with Crippen LogP contribution in [0.1, 0.15) is 255 Å². The number of benzene rings is 14. The molecule has 0 saturated heterocycles. The van der Waals surface area contributed by atoms with E-state index in [0.29, 0.717) is 82.9 Å². The van der Waals surface area contributed by atoms with Crippen LogP contribution in [0.5, 0.6) is 40.2 Å². The third-order valence-electron chi connectivity index (χ3n) is 29.7. The predicted octanol–water partition coefficient (Wildman–Crippen LogP) is 29.1. The van der Waals surface area contributed by atoms with Gasteiger partial charge >= 0.3 is 0 Å². The van der Waals surface area contributed by atoms with Gasteiger partial charge in [0.15, 0.2) is 0 Å². The number of hydrogen-bond acceptors (Lipinski definition) is 13. The molecule has 11 N–H and O–H groups in total. The molecule has 138 heavy (non-hydrogen) atoms. The Hall–Kier alpha value is -12.1. The SMILES string of the molecule is CC1CCc2cc(-c3ccc(O)cc3)ccc21.COC1CC(O)c2ccc(-c3cc(C)c(O)c(C)c3)cc21.COCc1cc(-c2ccc3c(c2)CC[C@@H]3C)cc(C)c1O.Cc1cc(-c2ccc3c(c2)CC(C)(Br)C3O)cc(C)c1O.Cc1cc(-c2ccc3c(c2)CC(C)C3O)cc(C)c1O.Cc1cc(-c2ccc3c(c2)CC(C)C3O)cc(C)c1O.Cc1cc(-c2ccc3c(c2)CC[C@@H]3C)ccc1O. The molecular weight excluding hydrogens is 1780 g/mol. The molecule has 9 unspecified atom stereocenters. The normalized spacial score (nSPS) is 20.0. The van der Waals surface area contributed by atoms with Crippen molar-refractivity contribution in [2.75, 3.05) is 14.2 Å². The van der Waals surface area contributed by atoms with Crippen LogP contribution in [-0.2, 0) is 54.6 Å². The highest BCUT2D eigenvalue weighted by atomic mass is 79.9. The summed E-state index contributed by atoms with van der Waals surface area (Å²) in [6, 6.07) is 78.5. The van der Waals surface area contributed by atoms with Crippen molar-refractivity contribution in [2.24, 2.45) is 11.8 Å². The first-order valence-electron chi connectivity index (χ1n) is 48.7. The number of aromatic hydroxyl groups is 7. The van der Waals surface area contributed by atoms with Gasteiger partial charge in [-0.2, -0.15) is 0 Å². The first-order chi connectivity index (χ1) is 65.7. The van der Waals surface area contributed by atoms with Crippen molar-refractivity contribution in [3.63, 3.8) is 0 Å². The number of rotatable bonds is 10. The minimum absolute atomic E-state index is 0.0470. The van der Waals surface area contributed by atoms with E-state index in [4.69, 9.17) is 9.47 Å². The van der Waals surface area contributed by atoms with Crippen LogP contribution in [-0.4, -0.2) is 74.7 Å². The molecule has 0 aromatic heterocycles. The lowest BCUT2D eigenvalue weighted by atomic mass is 9.95. The number of fused-ring (bicyclic) bond motifs is 7. The number of phenols is 7. The fourth-order valence-electron chi connectivity index (χ4n) is 21.3. The number of aliphatic hydroxyl groups excluding tert-OH is 4. The smallest absolute Gasteiger partial charge is 0.124 e. The Morgan fingerprint density at radius 3 is 0.978 bits per heavy atom. The van der Waals surface area contributed by atoms with Gasteiger partial charge in [0.05, 0.1) is 41.5 Å². The van der Waals surface area contributed by atoms with E-state index in [1.165, 1.54) is 116 Å². The average molecular weight is 1910 g/mol. The van der Waals surface area contributed by atoms with Gasteiger partial charge in [0.25, 0.3) is 0 Å². The number of alkyl halides is 1. The van der Waals surface area contributed by atoms with E-state index in [1.807, 2.05) is 185 Å². The second kappa shape index (κ2) is 42.3. The lowest BCUT2D eigenvalue weighted by molar-refractivity contribution is 0.0659. The summed E-state index contributed by atoms with van der Waals surface area (Å²) >= 11 is 3.62. The molecule has 14 heteroatoms. The Labute approximate surface area is 824 Å². The lowest BCUT2D eigenvalue weighted by Crippen LogP contribution is -2.21. The Morgan fingerprint density at radius 2 is 0.601 bits per heavy atom. The summed E-state index contributed by atoms with van der Waals surface area (Å²) in [6.07, 6.45) is 9.03. The number of halogens is 1.